The van der Waals surface area contributed by atoms with Crippen molar-refractivity contribution in [2.24, 2.45) is 0 Å². The zero-order valence-electron chi connectivity index (χ0n) is 20.0. The number of alkyl halides is 3. The van der Waals surface area contributed by atoms with Gasteiger partial charge in [0.15, 0.2) is 9.84 Å². The first kappa shape index (κ1) is 25.6. The number of amides is 1. The zero-order valence-corrected chi connectivity index (χ0v) is 21.6. The first-order valence-electron chi connectivity index (χ1n) is 11.5. The number of nitrogens with one attached hydrogen (secondary N) is 2. The normalized spacial score (nSPS) is 18.5. The van der Waals surface area contributed by atoms with E-state index < -0.39 is 33.2 Å². The number of rotatable bonds is 4. The molecule has 10 nitrogen and oxygen atoms in total. The molecule has 2 aliphatic heterocycles. The van der Waals surface area contributed by atoms with Gasteiger partial charge >= 0.3 is 6.18 Å². The molecule has 37 heavy (non-hydrogen) atoms. The molecule has 0 bridgehead atoms. The Kier molecular flexibility index (Phi) is 6.48. The smallest absolute Gasteiger partial charge is 0.340 e. The van der Waals surface area contributed by atoms with E-state index in [1.807, 2.05) is 4.68 Å². The summed E-state index contributed by atoms with van der Waals surface area (Å²) in [7, 11) is -2.41. The van der Waals surface area contributed by atoms with Crippen LogP contribution in [0.4, 0.5) is 24.8 Å². The molecule has 3 aromatic heterocycles. The maximum atomic E-state index is 13.9. The molecule has 15 heteroatoms. The fourth-order valence-electron chi connectivity index (χ4n) is 4.33. The van der Waals surface area contributed by atoms with E-state index in [1.54, 1.807) is 13.1 Å². The van der Waals surface area contributed by atoms with E-state index in [0.717, 1.165) is 32.0 Å². The molecule has 0 saturated carbocycles. The summed E-state index contributed by atoms with van der Waals surface area (Å²) in [6, 6.07) is 1.31. The summed E-state index contributed by atoms with van der Waals surface area (Å²) in [5.41, 5.74) is -0.455. The lowest BCUT2D eigenvalue weighted by atomic mass is 10.1. The van der Waals surface area contributed by atoms with Gasteiger partial charge in [-0.05, 0) is 38.9 Å². The molecule has 1 fully saturated rings. The standard InChI is InChI=1S/C22H24F3N7O3S2/c1-12-15(11-32(30-12)13-3-5-26-6-4-13)28-21-27-10-14(22(23,24)25)18(29-21)16-9-17-19(36-16)20(33)31(2)7-8-37(17,34)35/h9-11,13,26H,3-8H2,1-2H3,(H,27,28,29). The molecule has 5 heterocycles. The van der Waals surface area contributed by atoms with E-state index in [4.69, 9.17) is 0 Å². The highest BCUT2D eigenvalue weighted by molar-refractivity contribution is 7.91. The molecule has 0 atom stereocenters. The third kappa shape index (κ3) is 4.94. The highest BCUT2D eigenvalue weighted by atomic mass is 32.2. The van der Waals surface area contributed by atoms with Gasteiger partial charge < -0.3 is 15.5 Å². The SMILES string of the molecule is Cc1nn(C2CCNCC2)cc1Nc1ncc(C(F)(F)F)c(-c2cc3c(s2)C(=O)N(C)CCS3(=O)=O)n1. The lowest BCUT2D eigenvalue weighted by Crippen LogP contribution is -2.29. The number of carbonyl (C=O) groups is 1. The molecule has 0 spiro atoms. The number of sulfone groups is 1. The van der Waals surface area contributed by atoms with Gasteiger partial charge in [0.25, 0.3) is 5.91 Å². The van der Waals surface area contributed by atoms with Crippen molar-refractivity contribution in [3.8, 4) is 10.6 Å². The van der Waals surface area contributed by atoms with Crippen LogP contribution in [0.25, 0.3) is 10.6 Å². The minimum atomic E-state index is -4.80. The number of hydrogen-bond donors (Lipinski definition) is 2. The lowest BCUT2D eigenvalue weighted by Gasteiger charge is -2.22. The number of carbonyl (C=O) groups excluding carboxylic acids is 1. The zero-order chi connectivity index (χ0) is 26.5. The predicted octanol–water partition coefficient (Wildman–Crippen LogP) is 3.26. The van der Waals surface area contributed by atoms with Gasteiger partial charge in [0.2, 0.25) is 5.95 Å². The molecule has 1 saturated heterocycles. The fourth-order valence-corrected chi connectivity index (χ4v) is 7.37. The van der Waals surface area contributed by atoms with Crippen LogP contribution < -0.4 is 10.6 Å². The number of aryl methyl sites for hydroxylation is 1. The third-order valence-corrected chi connectivity index (χ3v) is 9.41. The van der Waals surface area contributed by atoms with Crippen LogP contribution in [0, 0.1) is 6.92 Å². The summed E-state index contributed by atoms with van der Waals surface area (Å²) in [6.45, 7) is 3.51. The Morgan fingerprint density at radius 1 is 1.24 bits per heavy atom. The Balaban J connectivity index is 1.55. The van der Waals surface area contributed by atoms with E-state index >= 15 is 0 Å². The van der Waals surface area contributed by atoms with Crippen molar-refractivity contribution in [1.82, 2.24) is 30.0 Å². The van der Waals surface area contributed by atoms with Gasteiger partial charge in [0.05, 0.1) is 38.6 Å². The molecule has 2 N–H and O–H groups in total. The van der Waals surface area contributed by atoms with Gasteiger partial charge in [-0.2, -0.15) is 18.3 Å². The molecule has 0 unspecified atom stereocenters. The molecule has 198 valence electrons. The molecule has 2 aliphatic rings. The van der Waals surface area contributed by atoms with Crippen LogP contribution in [0.2, 0.25) is 0 Å². The second kappa shape index (κ2) is 9.36. The molecule has 0 radical (unpaired) electrons. The van der Waals surface area contributed by atoms with Crippen molar-refractivity contribution in [2.75, 3.05) is 37.8 Å². The van der Waals surface area contributed by atoms with Crippen LogP contribution in [-0.2, 0) is 16.0 Å². The second-order valence-electron chi connectivity index (χ2n) is 9.02. The molecule has 1 amide bonds. The Hall–Kier alpha value is -3.04. The second-order valence-corrected chi connectivity index (χ2v) is 12.1. The van der Waals surface area contributed by atoms with Crippen molar-refractivity contribution in [1.29, 1.82) is 0 Å². The van der Waals surface area contributed by atoms with Crippen LogP contribution in [0.1, 0.15) is 39.8 Å². The van der Waals surface area contributed by atoms with Crippen LogP contribution in [-0.4, -0.2) is 71.4 Å². The quantitative estimate of drug-likeness (QED) is 0.503. The van der Waals surface area contributed by atoms with Crippen molar-refractivity contribution in [3.05, 3.63) is 34.6 Å². The van der Waals surface area contributed by atoms with Crippen molar-refractivity contribution in [3.63, 3.8) is 0 Å². The average Bonchev–Trinajstić information content (AvgIpc) is 3.45. The topological polar surface area (TPSA) is 122 Å². The summed E-state index contributed by atoms with van der Waals surface area (Å²) < 4.78 is 69.0. The van der Waals surface area contributed by atoms with Crippen molar-refractivity contribution < 1.29 is 26.4 Å². The molecule has 0 aromatic carbocycles. The maximum Gasteiger partial charge on any atom is 0.420 e. The summed E-state index contributed by atoms with van der Waals surface area (Å²) in [4.78, 5) is 21.5. The highest BCUT2D eigenvalue weighted by Gasteiger charge is 2.38. The minimum absolute atomic E-state index is 0.00230. The van der Waals surface area contributed by atoms with Gasteiger partial charge in [-0.1, -0.05) is 0 Å². The number of halogens is 3. The van der Waals surface area contributed by atoms with Crippen LogP contribution in [0.3, 0.4) is 0 Å². The minimum Gasteiger partial charge on any atom is -0.340 e. The summed E-state index contributed by atoms with van der Waals surface area (Å²) >= 11 is 0.676. The van der Waals surface area contributed by atoms with Crippen LogP contribution in [0.5, 0.6) is 0 Å². The molecule has 3 aromatic rings. The highest BCUT2D eigenvalue weighted by Crippen LogP contribution is 2.42. The maximum absolute atomic E-state index is 13.9. The number of piperidine rings is 1. The largest absolute Gasteiger partial charge is 0.420 e. The molecule has 5 rings (SSSR count). The van der Waals surface area contributed by atoms with E-state index in [-0.39, 0.29) is 38.9 Å². The number of aromatic nitrogens is 4. The van der Waals surface area contributed by atoms with E-state index in [1.165, 1.54) is 11.9 Å². The number of nitrogens with zero attached hydrogens (tertiary/aromatic N) is 5. The van der Waals surface area contributed by atoms with Gasteiger partial charge in [-0.25, -0.2) is 18.4 Å². The fraction of sp³-hybridized carbons (Fsp3) is 0.455. The van der Waals surface area contributed by atoms with Gasteiger partial charge in [-0.3, -0.25) is 9.48 Å². The summed E-state index contributed by atoms with van der Waals surface area (Å²) in [5, 5.41) is 10.8. The summed E-state index contributed by atoms with van der Waals surface area (Å²) in [6.07, 6.45) is -0.557. The van der Waals surface area contributed by atoms with E-state index in [0.29, 0.717) is 28.9 Å². The van der Waals surface area contributed by atoms with Gasteiger partial charge in [0.1, 0.15) is 10.4 Å². The van der Waals surface area contributed by atoms with E-state index in [9.17, 15) is 26.4 Å². The van der Waals surface area contributed by atoms with Gasteiger partial charge in [-0.15, -0.1) is 11.3 Å². The van der Waals surface area contributed by atoms with E-state index in [2.05, 4.69) is 25.7 Å². The van der Waals surface area contributed by atoms with Crippen molar-refractivity contribution >= 4 is 38.7 Å². The first-order valence-corrected chi connectivity index (χ1v) is 14.0. The summed E-state index contributed by atoms with van der Waals surface area (Å²) in [5.74, 6) is -0.985. The van der Waals surface area contributed by atoms with Gasteiger partial charge in [0, 0.05) is 26.0 Å². The Morgan fingerprint density at radius 3 is 2.68 bits per heavy atom. The average molecular weight is 556 g/mol. The third-order valence-electron chi connectivity index (χ3n) is 6.44. The van der Waals surface area contributed by atoms with Crippen molar-refractivity contribution in [2.45, 2.75) is 36.9 Å². The van der Waals surface area contributed by atoms with Crippen LogP contribution in [0.15, 0.2) is 23.4 Å². The molecular formula is C22H24F3N7O3S2. The predicted molar refractivity (Wildman–Crippen MR) is 131 cm³/mol. The monoisotopic (exact) mass is 555 g/mol. The Morgan fingerprint density at radius 2 is 1.97 bits per heavy atom. The number of thiophene rings is 1. The molecule has 0 aliphatic carbocycles. The van der Waals surface area contributed by atoms with Crippen LogP contribution >= 0.6 is 11.3 Å². The Labute approximate surface area is 214 Å². The molecular weight excluding hydrogens is 531 g/mol. The first-order chi connectivity index (χ1) is 17.4. The lowest BCUT2D eigenvalue weighted by molar-refractivity contribution is -0.137. The number of anilines is 2. The number of fused-ring (bicyclic) bond motifs is 1. The number of hydrogen-bond acceptors (Lipinski definition) is 9. The Bertz CT molecular complexity index is 1460.